The molecule has 0 aromatic heterocycles. The quantitative estimate of drug-likeness (QED) is 0.862. The van der Waals surface area contributed by atoms with Crippen LogP contribution >= 0.6 is 23.4 Å². The van der Waals surface area contributed by atoms with Gasteiger partial charge in [-0.1, -0.05) is 30.7 Å². The summed E-state index contributed by atoms with van der Waals surface area (Å²) < 4.78 is 0. The van der Waals surface area contributed by atoms with Gasteiger partial charge in [-0.05, 0) is 54.5 Å². The van der Waals surface area contributed by atoms with Gasteiger partial charge in [0.2, 0.25) is 0 Å². The van der Waals surface area contributed by atoms with E-state index in [1.54, 1.807) is 0 Å². The van der Waals surface area contributed by atoms with Gasteiger partial charge in [-0.25, -0.2) is 0 Å². The number of hydrogen-bond acceptors (Lipinski definition) is 2. The summed E-state index contributed by atoms with van der Waals surface area (Å²) in [6.45, 7) is 3.36. The van der Waals surface area contributed by atoms with Crippen molar-refractivity contribution in [1.29, 1.82) is 0 Å². The van der Waals surface area contributed by atoms with Crippen molar-refractivity contribution >= 4 is 23.4 Å². The van der Waals surface area contributed by atoms with Crippen LogP contribution < -0.4 is 5.32 Å². The minimum Gasteiger partial charge on any atom is -0.310 e. The summed E-state index contributed by atoms with van der Waals surface area (Å²) in [6, 6.07) is 8.65. The molecule has 1 aliphatic heterocycles. The predicted molar refractivity (Wildman–Crippen MR) is 77.9 cm³/mol. The first-order chi connectivity index (χ1) is 8.29. The minimum absolute atomic E-state index is 0.444. The Balaban J connectivity index is 1.91. The molecule has 1 aliphatic rings. The molecular weight excluding hydrogens is 250 g/mol. The molecule has 1 aromatic carbocycles. The molecule has 1 aromatic rings. The summed E-state index contributed by atoms with van der Waals surface area (Å²) in [5, 5.41) is 4.52. The monoisotopic (exact) mass is 269 g/mol. The smallest absolute Gasteiger partial charge is 0.0409 e. The third-order valence-corrected chi connectivity index (χ3v) is 4.80. The van der Waals surface area contributed by atoms with E-state index in [-0.39, 0.29) is 0 Å². The van der Waals surface area contributed by atoms with Crippen LogP contribution in [0.3, 0.4) is 0 Å². The fourth-order valence-electron chi connectivity index (χ4n) is 2.27. The van der Waals surface area contributed by atoms with Gasteiger partial charge < -0.3 is 5.32 Å². The van der Waals surface area contributed by atoms with Crippen LogP contribution in [0.15, 0.2) is 24.3 Å². The van der Waals surface area contributed by atoms with Gasteiger partial charge in [-0.2, -0.15) is 11.8 Å². The van der Waals surface area contributed by atoms with Crippen LogP contribution in [0, 0.1) is 5.92 Å². The third kappa shape index (κ3) is 3.90. The highest BCUT2D eigenvalue weighted by atomic mass is 35.5. The first-order valence-electron chi connectivity index (χ1n) is 6.36. The summed E-state index contributed by atoms with van der Waals surface area (Å²) in [6.07, 6.45) is 2.48. The van der Waals surface area contributed by atoms with Crippen molar-refractivity contribution in [2.75, 3.05) is 18.1 Å². The second kappa shape index (κ2) is 6.67. The van der Waals surface area contributed by atoms with Crippen LogP contribution in [0.2, 0.25) is 5.02 Å². The van der Waals surface area contributed by atoms with Gasteiger partial charge >= 0.3 is 0 Å². The molecule has 2 unspecified atom stereocenters. The zero-order valence-corrected chi connectivity index (χ0v) is 11.9. The van der Waals surface area contributed by atoms with Crippen molar-refractivity contribution in [3.63, 3.8) is 0 Å². The molecule has 3 heteroatoms. The Morgan fingerprint density at radius 1 is 1.53 bits per heavy atom. The molecule has 1 N–H and O–H groups in total. The highest BCUT2D eigenvalue weighted by Gasteiger charge is 2.17. The molecule has 94 valence electrons. The topological polar surface area (TPSA) is 12.0 Å². The Labute approximate surface area is 113 Å². The first-order valence-corrected chi connectivity index (χ1v) is 7.89. The zero-order chi connectivity index (χ0) is 12.1. The van der Waals surface area contributed by atoms with E-state index in [2.05, 4.69) is 36.1 Å². The van der Waals surface area contributed by atoms with E-state index >= 15 is 0 Å². The molecule has 1 heterocycles. The molecule has 0 spiro atoms. The molecule has 1 fully saturated rings. The molecule has 17 heavy (non-hydrogen) atoms. The summed E-state index contributed by atoms with van der Waals surface area (Å²) in [5.74, 6) is 3.51. The molecule has 1 saturated heterocycles. The molecule has 0 bridgehead atoms. The SMILES string of the molecule is CCC(NCC1CCSC1)c1cccc(Cl)c1. The molecule has 1 nitrogen and oxygen atoms in total. The Morgan fingerprint density at radius 2 is 2.41 bits per heavy atom. The van der Waals surface area contributed by atoms with Gasteiger partial charge in [0.1, 0.15) is 0 Å². The average Bonchev–Trinajstić information content (AvgIpc) is 2.83. The maximum atomic E-state index is 6.04. The maximum Gasteiger partial charge on any atom is 0.0409 e. The van der Waals surface area contributed by atoms with Gasteiger partial charge in [-0.3, -0.25) is 0 Å². The van der Waals surface area contributed by atoms with Crippen molar-refractivity contribution in [3.05, 3.63) is 34.9 Å². The third-order valence-electron chi connectivity index (χ3n) is 3.34. The second-order valence-corrected chi connectivity index (χ2v) is 6.24. The highest BCUT2D eigenvalue weighted by molar-refractivity contribution is 7.99. The molecule has 0 aliphatic carbocycles. The van der Waals surface area contributed by atoms with Gasteiger partial charge in [0.05, 0.1) is 0 Å². The van der Waals surface area contributed by atoms with Gasteiger partial charge in [0, 0.05) is 11.1 Å². The van der Waals surface area contributed by atoms with E-state index in [1.165, 1.54) is 23.5 Å². The van der Waals surface area contributed by atoms with Crippen molar-refractivity contribution in [2.24, 2.45) is 5.92 Å². The maximum absolute atomic E-state index is 6.04. The van der Waals surface area contributed by atoms with Crippen LogP contribution in [0.4, 0.5) is 0 Å². The van der Waals surface area contributed by atoms with Gasteiger partial charge in [-0.15, -0.1) is 0 Å². The fraction of sp³-hybridized carbons (Fsp3) is 0.571. The lowest BCUT2D eigenvalue weighted by molar-refractivity contribution is 0.451. The standard InChI is InChI=1S/C14H20ClNS/c1-2-14(12-4-3-5-13(15)8-12)16-9-11-6-7-17-10-11/h3-5,8,11,14,16H,2,6-7,9-10H2,1H3. The number of halogens is 1. The molecule has 0 amide bonds. The van der Waals surface area contributed by atoms with Crippen molar-refractivity contribution in [3.8, 4) is 0 Å². The van der Waals surface area contributed by atoms with Crippen LogP contribution in [0.5, 0.6) is 0 Å². The molecule has 2 rings (SSSR count). The highest BCUT2D eigenvalue weighted by Crippen LogP contribution is 2.25. The van der Waals surface area contributed by atoms with Crippen LogP contribution in [0.25, 0.3) is 0 Å². The molecule has 0 saturated carbocycles. The summed E-state index contributed by atoms with van der Waals surface area (Å²) >= 11 is 8.12. The Bertz CT molecular complexity index is 350. The van der Waals surface area contributed by atoms with Crippen LogP contribution in [0.1, 0.15) is 31.4 Å². The predicted octanol–water partition coefficient (Wildman–Crippen LogP) is 4.13. The number of rotatable bonds is 5. The van der Waals surface area contributed by atoms with Crippen molar-refractivity contribution in [2.45, 2.75) is 25.8 Å². The van der Waals surface area contributed by atoms with E-state index in [1.807, 2.05) is 12.1 Å². The average molecular weight is 270 g/mol. The molecule has 2 atom stereocenters. The zero-order valence-electron chi connectivity index (χ0n) is 10.3. The normalized spacial score (nSPS) is 21.6. The number of benzene rings is 1. The van der Waals surface area contributed by atoms with E-state index in [4.69, 9.17) is 11.6 Å². The summed E-state index contributed by atoms with van der Waals surface area (Å²) in [4.78, 5) is 0. The van der Waals surface area contributed by atoms with Crippen LogP contribution in [-0.2, 0) is 0 Å². The minimum atomic E-state index is 0.444. The molecule has 0 radical (unpaired) electrons. The largest absolute Gasteiger partial charge is 0.310 e. The van der Waals surface area contributed by atoms with Crippen molar-refractivity contribution < 1.29 is 0 Å². The number of nitrogens with one attached hydrogen (secondary N) is 1. The lowest BCUT2D eigenvalue weighted by Gasteiger charge is -2.20. The van der Waals surface area contributed by atoms with Crippen LogP contribution in [-0.4, -0.2) is 18.1 Å². The number of hydrogen-bond donors (Lipinski definition) is 1. The van der Waals surface area contributed by atoms with Crippen molar-refractivity contribution in [1.82, 2.24) is 5.32 Å². The fourth-order valence-corrected chi connectivity index (χ4v) is 3.76. The Kier molecular flexibility index (Phi) is 5.20. The Hall–Kier alpha value is -0.180. The molecular formula is C14H20ClNS. The van der Waals surface area contributed by atoms with E-state index in [0.29, 0.717) is 6.04 Å². The summed E-state index contributed by atoms with van der Waals surface area (Å²) in [5.41, 5.74) is 1.31. The lowest BCUT2D eigenvalue weighted by atomic mass is 10.0. The lowest BCUT2D eigenvalue weighted by Crippen LogP contribution is -2.27. The first kappa shape index (κ1) is 13.3. The van der Waals surface area contributed by atoms with E-state index in [9.17, 15) is 0 Å². The summed E-state index contributed by atoms with van der Waals surface area (Å²) in [7, 11) is 0. The van der Waals surface area contributed by atoms with E-state index < -0.39 is 0 Å². The number of thioether (sulfide) groups is 1. The van der Waals surface area contributed by atoms with Gasteiger partial charge in [0.15, 0.2) is 0 Å². The Morgan fingerprint density at radius 3 is 3.06 bits per heavy atom. The van der Waals surface area contributed by atoms with Gasteiger partial charge in [0.25, 0.3) is 0 Å². The van der Waals surface area contributed by atoms with E-state index in [0.717, 1.165) is 23.9 Å². The second-order valence-electron chi connectivity index (χ2n) is 4.65.